The monoisotopic (exact) mass is 430 g/mol. The molecule has 0 radical (unpaired) electrons. The van der Waals surface area contributed by atoms with Crippen LogP contribution in [0.3, 0.4) is 0 Å². The summed E-state index contributed by atoms with van der Waals surface area (Å²) in [6.07, 6.45) is 0.267. The Morgan fingerprint density at radius 2 is 1.83 bits per heavy atom. The van der Waals surface area contributed by atoms with E-state index in [0.29, 0.717) is 0 Å². The lowest BCUT2D eigenvalue weighted by Gasteiger charge is -2.21. The zero-order valence-electron chi connectivity index (χ0n) is 16.3. The topological polar surface area (TPSA) is 101 Å². The number of hydrogen-bond acceptors (Lipinski definition) is 6. The maximum absolute atomic E-state index is 13.0. The number of rotatable bonds is 7. The number of anilines is 1. The normalized spacial score (nSPS) is 12.5. The van der Waals surface area contributed by atoms with Crippen LogP contribution in [-0.2, 0) is 14.8 Å². The molecule has 2 N–H and O–H groups in total. The Kier molecular flexibility index (Phi) is 6.41. The molecule has 0 fully saturated rings. The van der Waals surface area contributed by atoms with Gasteiger partial charge in [0.1, 0.15) is 0 Å². The molecule has 7 nitrogen and oxygen atoms in total. The lowest BCUT2D eigenvalue weighted by Crippen LogP contribution is -2.30. The summed E-state index contributed by atoms with van der Waals surface area (Å²) in [6.45, 7) is 5.64. The summed E-state index contributed by atoms with van der Waals surface area (Å²) in [6, 6.07) is 14.7. The Bertz CT molecular complexity index is 1110. The molecule has 1 atom stereocenters. The Hall–Kier alpha value is -2.62. The highest BCUT2D eigenvalue weighted by atomic mass is 32.2. The van der Waals surface area contributed by atoms with Gasteiger partial charge in [-0.3, -0.25) is 4.79 Å². The third kappa shape index (κ3) is 5.06. The zero-order chi connectivity index (χ0) is 21.0. The van der Waals surface area contributed by atoms with Crippen LogP contribution >= 0.6 is 11.3 Å². The second-order valence-electron chi connectivity index (χ2n) is 6.60. The molecule has 3 aromatic rings. The molecule has 0 spiro atoms. The molecule has 0 aliphatic rings. The van der Waals surface area contributed by atoms with E-state index >= 15 is 0 Å². The predicted octanol–water partition coefficient (Wildman–Crippen LogP) is 3.57. The number of nitrogens with zero attached hydrogens (tertiary/aromatic N) is 2. The van der Waals surface area contributed by atoms with Crippen molar-refractivity contribution in [3.8, 4) is 0 Å². The number of hydrogen-bond donors (Lipinski definition) is 2. The number of carbonyl (C=O) groups excluding carboxylic acids is 1. The molecule has 29 heavy (non-hydrogen) atoms. The van der Waals surface area contributed by atoms with Crippen LogP contribution in [0.25, 0.3) is 0 Å². The van der Waals surface area contributed by atoms with E-state index in [1.54, 1.807) is 6.92 Å². The molecule has 1 aromatic heterocycles. The molecular formula is C20H22N4O3S2. The highest BCUT2D eigenvalue weighted by molar-refractivity contribution is 7.91. The molecule has 0 saturated heterocycles. The first kappa shape index (κ1) is 21.1. The molecular weight excluding hydrogens is 408 g/mol. The highest BCUT2D eigenvalue weighted by Crippen LogP contribution is 2.29. The minimum Gasteiger partial charge on any atom is -0.301 e. The summed E-state index contributed by atoms with van der Waals surface area (Å²) < 4.78 is 28.6. The average Bonchev–Trinajstić information content (AvgIpc) is 3.16. The van der Waals surface area contributed by atoms with Crippen LogP contribution in [0.4, 0.5) is 5.13 Å². The van der Waals surface area contributed by atoms with Crippen LogP contribution in [0.5, 0.6) is 0 Å². The van der Waals surface area contributed by atoms with E-state index in [0.717, 1.165) is 33.6 Å². The van der Waals surface area contributed by atoms with Crippen molar-refractivity contribution in [3.63, 3.8) is 0 Å². The summed E-state index contributed by atoms with van der Waals surface area (Å²) >= 11 is 0.818. The van der Waals surface area contributed by atoms with Crippen molar-refractivity contribution >= 4 is 32.4 Å². The first-order valence-electron chi connectivity index (χ1n) is 9.08. The molecule has 0 saturated carbocycles. The summed E-state index contributed by atoms with van der Waals surface area (Å²) in [7, 11) is -3.96. The molecule has 0 bridgehead atoms. The largest absolute Gasteiger partial charge is 0.301 e. The average molecular weight is 431 g/mol. The van der Waals surface area contributed by atoms with E-state index in [2.05, 4.69) is 20.2 Å². The second-order valence-corrected chi connectivity index (χ2v) is 9.47. The van der Waals surface area contributed by atoms with Crippen molar-refractivity contribution < 1.29 is 13.2 Å². The Morgan fingerprint density at radius 1 is 1.10 bits per heavy atom. The van der Waals surface area contributed by atoms with Crippen molar-refractivity contribution in [2.75, 3.05) is 5.32 Å². The van der Waals surface area contributed by atoms with Crippen LogP contribution in [0.1, 0.15) is 41.6 Å². The third-order valence-electron chi connectivity index (χ3n) is 4.35. The van der Waals surface area contributed by atoms with Gasteiger partial charge in [-0.1, -0.05) is 72.4 Å². The summed E-state index contributed by atoms with van der Waals surface area (Å²) in [5.41, 5.74) is 3.75. The fourth-order valence-electron chi connectivity index (χ4n) is 2.89. The fourth-order valence-corrected chi connectivity index (χ4v) is 5.02. The van der Waals surface area contributed by atoms with E-state index in [1.807, 2.05) is 62.4 Å². The first-order valence-corrected chi connectivity index (χ1v) is 11.4. The van der Waals surface area contributed by atoms with E-state index in [4.69, 9.17) is 0 Å². The van der Waals surface area contributed by atoms with Crippen molar-refractivity contribution in [1.82, 2.24) is 14.9 Å². The van der Waals surface area contributed by atoms with Gasteiger partial charge in [0, 0.05) is 6.42 Å². The van der Waals surface area contributed by atoms with Gasteiger partial charge in [-0.05, 0) is 30.5 Å². The Balaban J connectivity index is 1.96. The number of aromatic nitrogens is 2. The number of sulfonamides is 1. The van der Waals surface area contributed by atoms with Gasteiger partial charge in [-0.2, -0.15) is 4.72 Å². The highest BCUT2D eigenvalue weighted by Gasteiger charge is 2.27. The van der Waals surface area contributed by atoms with Gasteiger partial charge in [-0.25, -0.2) is 8.42 Å². The number of carbonyl (C=O) groups is 1. The smallest absolute Gasteiger partial charge is 0.270 e. The molecule has 0 aliphatic carbocycles. The van der Waals surface area contributed by atoms with E-state index in [1.165, 1.54) is 0 Å². The maximum atomic E-state index is 13.0. The maximum Gasteiger partial charge on any atom is 0.270 e. The minimum atomic E-state index is -3.96. The molecule has 152 valence electrons. The number of aryl methyl sites for hydroxylation is 2. The van der Waals surface area contributed by atoms with E-state index < -0.39 is 16.1 Å². The third-order valence-corrected chi connectivity index (χ3v) is 6.98. The van der Waals surface area contributed by atoms with Crippen molar-refractivity contribution in [2.24, 2.45) is 0 Å². The standard InChI is InChI=1S/C20H22N4O3S2/c1-4-17(25)21-19-22-23-20(28-19)29(26,27)24-18(15-8-6-5-7-9-15)16-11-10-13(2)12-14(16)3/h5-12,18,24H,4H2,1-3H3,(H,21,22,25)/t18-/m1/s1. The lowest BCUT2D eigenvalue weighted by molar-refractivity contribution is -0.115. The Morgan fingerprint density at radius 3 is 2.48 bits per heavy atom. The molecule has 0 unspecified atom stereocenters. The number of nitrogens with one attached hydrogen (secondary N) is 2. The van der Waals surface area contributed by atoms with Crippen molar-refractivity contribution in [2.45, 2.75) is 37.6 Å². The molecule has 1 heterocycles. The SMILES string of the molecule is CCC(=O)Nc1nnc(S(=O)(=O)N[C@H](c2ccccc2)c2ccc(C)cc2C)s1. The number of amides is 1. The van der Waals surface area contributed by atoms with Gasteiger partial charge < -0.3 is 5.32 Å². The van der Waals surface area contributed by atoms with Crippen LogP contribution in [0.15, 0.2) is 52.9 Å². The lowest BCUT2D eigenvalue weighted by atomic mass is 9.95. The second kappa shape index (κ2) is 8.81. The van der Waals surface area contributed by atoms with Gasteiger partial charge in [0.15, 0.2) is 0 Å². The van der Waals surface area contributed by atoms with Gasteiger partial charge in [0.05, 0.1) is 6.04 Å². The van der Waals surface area contributed by atoms with Gasteiger partial charge in [-0.15, -0.1) is 10.2 Å². The summed E-state index contributed by atoms with van der Waals surface area (Å²) in [5.74, 6) is -0.254. The fraction of sp³-hybridized carbons (Fsp3) is 0.250. The van der Waals surface area contributed by atoms with Gasteiger partial charge >= 0.3 is 0 Å². The number of benzene rings is 2. The molecule has 2 aromatic carbocycles. The summed E-state index contributed by atoms with van der Waals surface area (Å²) in [5, 5.41) is 10.2. The molecule has 0 aliphatic heterocycles. The van der Waals surface area contributed by atoms with Crippen molar-refractivity contribution in [3.05, 3.63) is 70.8 Å². The van der Waals surface area contributed by atoms with Gasteiger partial charge in [0.25, 0.3) is 10.0 Å². The van der Waals surface area contributed by atoms with Crippen molar-refractivity contribution in [1.29, 1.82) is 0 Å². The quantitative estimate of drug-likeness (QED) is 0.558. The van der Waals surface area contributed by atoms with E-state index in [-0.39, 0.29) is 21.8 Å². The molecule has 9 heteroatoms. The predicted molar refractivity (Wildman–Crippen MR) is 113 cm³/mol. The molecule has 3 rings (SSSR count). The Labute approximate surface area is 174 Å². The van der Waals surface area contributed by atoms with Gasteiger partial charge in [0.2, 0.25) is 15.4 Å². The first-order chi connectivity index (χ1) is 13.8. The van der Waals surface area contributed by atoms with Crippen LogP contribution in [0, 0.1) is 13.8 Å². The minimum absolute atomic E-state index is 0.153. The zero-order valence-corrected chi connectivity index (χ0v) is 18.0. The van der Waals surface area contributed by atoms with Crippen LogP contribution in [0.2, 0.25) is 0 Å². The van der Waals surface area contributed by atoms with E-state index in [9.17, 15) is 13.2 Å². The van der Waals surface area contributed by atoms with Crippen LogP contribution in [-0.4, -0.2) is 24.5 Å². The molecule has 1 amide bonds. The van der Waals surface area contributed by atoms with Crippen LogP contribution < -0.4 is 10.0 Å². The summed E-state index contributed by atoms with van der Waals surface area (Å²) in [4.78, 5) is 11.5.